The van der Waals surface area contributed by atoms with E-state index in [1.54, 1.807) is 0 Å². The molecule has 2 N–H and O–H groups in total. The Morgan fingerprint density at radius 2 is 1.89 bits per heavy atom. The van der Waals surface area contributed by atoms with Crippen LogP contribution >= 0.6 is 0 Å². The maximum absolute atomic E-state index is 11.9. The predicted molar refractivity (Wildman–Crippen MR) is 69.5 cm³/mol. The highest BCUT2D eigenvalue weighted by atomic mass is 16.5. The third-order valence-corrected chi connectivity index (χ3v) is 2.98. The van der Waals surface area contributed by atoms with Crippen LogP contribution in [0.25, 0.3) is 0 Å². The molecule has 2 atom stereocenters. The lowest BCUT2D eigenvalue weighted by Crippen LogP contribution is -2.44. The van der Waals surface area contributed by atoms with E-state index in [1.165, 1.54) is 7.11 Å². The van der Waals surface area contributed by atoms with Gasteiger partial charge in [0.1, 0.15) is 6.04 Å². The summed E-state index contributed by atoms with van der Waals surface area (Å²) in [7, 11) is 1.18. The number of carbonyl (C=O) groups excluding carboxylic acids is 2. The topological polar surface area (TPSA) is 92.7 Å². The van der Waals surface area contributed by atoms with Crippen molar-refractivity contribution in [3.05, 3.63) is 0 Å². The minimum absolute atomic E-state index is 0.209. The van der Waals surface area contributed by atoms with Gasteiger partial charge in [-0.3, -0.25) is 9.59 Å². The van der Waals surface area contributed by atoms with E-state index in [4.69, 9.17) is 5.11 Å². The molecule has 0 aromatic rings. The molecule has 0 aliphatic heterocycles. The third-order valence-electron chi connectivity index (χ3n) is 2.98. The zero-order chi connectivity index (χ0) is 14.8. The molecule has 0 fully saturated rings. The van der Waals surface area contributed by atoms with E-state index in [0.717, 1.165) is 19.3 Å². The highest BCUT2D eigenvalue weighted by Gasteiger charge is 2.26. The van der Waals surface area contributed by atoms with Crippen LogP contribution < -0.4 is 5.32 Å². The molecule has 0 spiro atoms. The Labute approximate surface area is 113 Å². The van der Waals surface area contributed by atoms with Gasteiger partial charge in [0.2, 0.25) is 5.91 Å². The number of aliphatic carboxylic acids is 1. The first kappa shape index (κ1) is 17.4. The summed E-state index contributed by atoms with van der Waals surface area (Å²) in [6, 6.07) is -1.23. The summed E-state index contributed by atoms with van der Waals surface area (Å²) in [6.45, 7) is 3.91. The van der Waals surface area contributed by atoms with E-state index in [2.05, 4.69) is 10.1 Å². The summed E-state index contributed by atoms with van der Waals surface area (Å²) >= 11 is 0. The molecular weight excluding hydrogens is 250 g/mol. The summed E-state index contributed by atoms with van der Waals surface area (Å²) in [5.74, 6) is -2.41. The van der Waals surface area contributed by atoms with Crippen molar-refractivity contribution in [1.82, 2.24) is 5.32 Å². The Kier molecular flexibility index (Phi) is 8.57. The highest BCUT2D eigenvalue weighted by Crippen LogP contribution is 2.13. The van der Waals surface area contributed by atoms with Gasteiger partial charge in [0.25, 0.3) is 0 Å². The number of nitrogens with one attached hydrogen (secondary N) is 1. The van der Waals surface area contributed by atoms with Gasteiger partial charge in [-0.2, -0.15) is 0 Å². The van der Waals surface area contributed by atoms with Crippen LogP contribution in [0, 0.1) is 5.92 Å². The van der Waals surface area contributed by atoms with Crippen LogP contribution in [0.2, 0.25) is 0 Å². The van der Waals surface area contributed by atoms with Crippen molar-refractivity contribution in [2.75, 3.05) is 7.11 Å². The Morgan fingerprint density at radius 1 is 1.26 bits per heavy atom. The zero-order valence-electron chi connectivity index (χ0n) is 11.8. The lowest BCUT2D eigenvalue weighted by Gasteiger charge is -2.18. The van der Waals surface area contributed by atoms with E-state index < -0.39 is 18.0 Å². The molecule has 0 rings (SSSR count). The number of hydrogen-bond donors (Lipinski definition) is 2. The fourth-order valence-corrected chi connectivity index (χ4v) is 1.71. The van der Waals surface area contributed by atoms with Crippen LogP contribution in [0.4, 0.5) is 0 Å². The Morgan fingerprint density at radius 3 is 2.32 bits per heavy atom. The average molecular weight is 273 g/mol. The molecule has 110 valence electrons. The van der Waals surface area contributed by atoms with Gasteiger partial charge in [-0.25, -0.2) is 4.79 Å². The molecule has 0 saturated heterocycles. The van der Waals surface area contributed by atoms with Crippen LogP contribution in [0.1, 0.15) is 46.0 Å². The number of carboxylic acids is 1. The Balaban J connectivity index is 4.51. The van der Waals surface area contributed by atoms with Crippen molar-refractivity contribution in [1.29, 1.82) is 0 Å². The van der Waals surface area contributed by atoms with E-state index in [1.807, 2.05) is 13.8 Å². The largest absolute Gasteiger partial charge is 0.480 e. The van der Waals surface area contributed by atoms with Gasteiger partial charge in [-0.05, 0) is 12.8 Å². The SMILES string of the molecule is CCCCC(CC)C(=O)N[C@@H](CC(=O)OC)C(=O)O. The number of esters is 1. The zero-order valence-corrected chi connectivity index (χ0v) is 11.8. The summed E-state index contributed by atoms with van der Waals surface area (Å²) in [4.78, 5) is 34.0. The maximum atomic E-state index is 11.9. The van der Waals surface area contributed by atoms with Gasteiger partial charge in [-0.15, -0.1) is 0 Å². The second-order valence-corrected chi connectivity index (χ2v) is 4.43. The van der Waals surface area contributed by atoms with Crippen molar-refractivity contribution >= 4 is 17.8 Å². The van der Waals surface area contributed by atoms with E-state index in [-0.39, 0.29) is 18.2 Å². The minimum atomic E-state index is -1.23. The molecule has 6 heteroatoms. The number of hydrogen-bond acceptors (Lipinski definition) is 4. The summed E-state index contributed by atoms with van der Waals surface area (Å²) in [5.41, 5.74) is 0. The van der Waals surface area contributed by atoms with Crippen molar-refractivity contribution in [3.8, 4) is 0 Å². The summed E-state index contributed by atoms with van der Waals surface area (Å²) in [5, 5.41) is 11.4. The Hall–Kier alpha value is -1.59. The fraction of sp³-hybridized carbons (Fsp3) is 0.769. The van der Waals surface area contributed by atoms with E-state index >= 15 is 0 Å². The minimum Gasteiger partial charge on any atom is -0.480 e. The van der Waals surface area contributed by atoms with Gasteiger partial charge in [0.05, 0.1) is 13.5 Å². The number of rotatable bonds is 9. The average Bonchev–Trinajstić information content (AvgIpc) is 2.38. The van der Waals surface area contributed by atoms with Crippen LogP contribution in [0.15, 0.2) is 0 Å². The lowest BCUT2D eigenvalue weighted by molar-refractivity contribution is -0.149. The van der Waals surface area contributed by atoms with Crippen LogP contribution in [0.5, 0.6) is 0 Å². The first-order valence-corrected chi connectivity index (χ1v) is 6.56. The van der Waals surface area contributed by atoms with Gasteiger partial charge in [0, 0.05) is 5.92 Å². The summed E-state index contributed by atoms with van der Waals surface area (Å²) < 4.78 is 4.41. The van der Waals surface area contributed by atoms with Gasteiger partial charge in [0.15, 0.2) is 0 Å². The monoisotopic (exact) mass is 273 g/mol. The number of ether oxygens (including phenoxy) is 1. The molecule has 6 nitrogen and oxygen atoms in total. The van der Waals surface area contributed by atoms with Crippen molar-refractivity contribution in [2.45, 2.75) is 52.0 Å². The highest BCUT2D eigenvalue weighted by molar-refractivity contribution is 5.88. The number of unbranched alkanes of at least 4 members (excludes halogenated alkanes) is 1. The number of amides is 1. The van der Waals surface area contributed by atoms with Gasteiger partial charge < -0.3 is 15.2 Å². The van der Waals surface area contributed by atoms with Crippen molar-refractivity contribution < 1.29 is 24.2 Å². The third kappa shape index (κ3) is 6.79. The van der Waals surface area contributed by atoms with Gasteiger partial charge >= 0.3 is 11.9 Å². The smallest absolute Gasteiger partial charge is 0.326 e. The molecular formula is C13H23NO5. The maximum Gasteiger partial charge on any atom is 0.326 e. The molecule has 0 saturated carbocycles. The molecule has 0 radical (unpaired) electrons. The van der Waals surface area contributed by atoms with Crippen LogP contribution in [-0.4, -0.2) is 36.1 Å². The number of methoxy groups -OCH3 is 1. The van der Waals surface area contributed by atoms with E-state index in [9.17, 15) is 14.4 Å². The molecule has 0 aliphatic carbocycles. The molecule has 1 unspecified atom stereocenters. The van der Waals surface area contributed by atoms with Crippen molar-refractivity contribution in [3.63, 3.8) is 0 Å². The first-order chi connectivity index (χ1) is 8.96. The van der Waals surface area contributed by atoms with Crippen LogP contribution in [-0.2, 0) is 19.1 Å². The molecule has 1 amide bonds. The van der Waals surface area contributed by atoms with E-state index in [0.29, 0.717) is 6.42 Å². The predicted octanol–water partition coefficient (Wildman–Crippen LogP) is 1.34. The first-order valence-electron chi connectivity index (χ1n) is 6.56. The number of carboxylic acid groups (broad SMARTS) is 1. The second kappa shape index (κ2) is 9.35. The molecule has 0 bridgehead atoms. The molecule has 0 aromatic heterocycles. The van der Waals surface area contributed by atoms with Gasteiger partial charge in [-0.1, -0.05) is 26.7 Å². The summed E-state index contributed by atoms with van der Waals surface area (Å²) in [6.07, 6.45) is 2.91. The standard InChI is InChI=1S/C13H23NO5/c1-4-6-7-9(5-2)12(16)14-10(13(17)18)8-11(15)19-3/h9-10H,4-8H2,1-3H3,(H,14,16)(H,17,18)/t9?,10-/m0/s1. The fourth-order valence-electron chi connectivity index (χ4n) is 1.71. The quantitative estimate of drug-likeness (QED) is 0.618. The normalized spacial score (nSPS) is 13.4. The Bertz CT molecular complexity index is 316. The van der Waals surface area contributed by atoms with Crippen LogP contribution in [0.3, 0.4) is 0 Å². The molecule has 0 heterocycles. The number of carbonyl (C=O) groups is 3. The van der Waals surface area contributed by atoms with Crippen molar-refractivity contribution in [2.24, 2.45) is 5.92 Å². The molecule has 0 aromatic carbocycles. The molecule has 0 aliphatic rings. The molecule has 19 heavy (non-hydrogen) atoms. The second-order valence-electron chi connectivity index (χ2n) is 4.43. The lowest BCUT2D eigenvalue weighted by atomic mass is 9.98.